The molecule has 2 aromatic carbocycles. The average molecular weight is 312 g/mol. The van der Waals surface area contributed by atoms with Crippen molar-refractivity contribution in [1.82, 2.24) is 0 Å². The zero-order valence-electron chi connectivity index (χ0n) is 12.8. The molecule has 0 radical (unpaired) electrons. The van der Waals surface area contributed by atoms with Gasteiger partial charge in [-0.05, 0) is 35.9 Å². The Morgan fingerprint density at radius 2 is 1.74 bits per heavy atom. The van der Waals surface area contributed by atoms with Crippen LogP contribution in [0.5, 0.6) is 17.2 Å². The fraction of sp³-hybridized carbons (Fsp3) is 0.111. The summed E-state index contributed by atoms with van der Waals surface area (Å²) in [6.45, 7) is 0. The van der Waals surface area contributed by atoms with E-state index in [0.717, 1.165) is 5.56 Å². The van der Waals surface area contributed by atoms with E-state index in [9.17, 15) is 9.59 Å². The normalized spacial score (nSPS) is 10.3. The summed E-state index contributed by atoms with van der Waals surface area (Å²) in [5, 5.41) is 0. The number of rotatable bonds is 6. The molecule has 0 fully saturated rings. The molecule has 0 saturated carbocycles. The van der Waals surface area contributed by atoms with Gasteiger partial charge in [-0.1, -0.05) is 18.2 Å². The van der Waals surface area contributed by atoms with Gasteiger partial charge >= 0.3 is 5.97 Å². The van der Waals surface area contributed by atoms with E-state index in [1.165, 1.54) is 12.1 Å². The van der Waals surface area contributed by atoms with Crippen molar-refractivity contribution in [3.05, 3.63) is 59.7 Å². The monoisotopic (exact) mass is 312 g/mol. The average Bonchev–Trinajstić information content (AvgIpc) is 2.59. The van der Waals surface area contributed by atoms with Crippen LogP contribution in [0.25, 0.3) is 6.08 Å². The lowest BCUT2D eigenvalue weighted by molar-refractivity contribution is -0.128. The smallest absolute Gasteiger partial charge is 0.336 e. The first kappa shape index (κ1) is 16.3. The van der Waals surface area contributed by atoms with Crippen molar-refractivity contribution in [3.8, 4) is 17.2 Å². The highest BCUT2D eigenvalue weighted by molar-refractivity contribution is 5.89. The molecule has 0 unspecified atom stereocenters. The Morgan fingerprint density at radius 3 is 2.43 bits per heavy atom. The molecule has 5 nitrogen and oxygen atoms in total. The van der Waals surface area contributed by atoms with Crippen molar-refractivity contribution in [1.29, 1.82) is 0 Å². The SMILES string of the molecule is COc1ccc(/C=C/C(=O)Oc2cccc(C=O)c2)cc1OC. The Morgan fingerprint density at radius 1 is 0.957 bits per heavy atom. The fourth-order valence-corrected chi connectivity index (χ4v) is 1.92. The van der Waals surface area contributed by atoms with Crippen molar-refractivity contribution in [2.45, 2.75) is 0 Å². The zero-order valence-corrected chi connectivity index (χ0v) is 12.8. The van der Waals surface area contributed by atoms with Crippen LogP contribution in [0.1, 0.15) is 15.9 Å². The van der Waals surface area contributed by atoms with Gasteiger partial charge < -0.3 is 14.2 Å². The second-order valence-corrected chi connectivity index (χ2v) is 4.56. The van der Waals surface area contributed by atoms with Gasteiger partial charge in [0.1, 0.15) is 12.0 Å². The summed E-state index contributed by atoms with van der Waals surface area (Å²) in [4.78, 5) is 22.5. The van der Waals surface area contributed by atoms with Crippen LogP contribution in [0.15, 0.2) is 48.5 Å². The van der Waals surface area contributed by atoms with E-state index in [1.54, 1.807) is 56.7 Å². The summed E-state index contributed by atoms with van der Waals surface area (Å²) in [6.07, 6.45) is 3.60. The van der Waals surface area contributed by atoms with Gasteiger partial charge in [-0.2, -0.15) is 0 Å². The van der Waals surface area contributed by atoms with E-state index in [2.05, 4.69) is 0 Å². The van der Waals surface area contributed by atoms with Gasteiger partial charge in [-0.3, -0.25) is 4.79 Å². The Balaban J connectivity index is 2.07. The van der Waals surface area contributed by atoms with Crippen molar-refractivity contribution < 1.29 is 23.8 Å². The number of hydrogen-bond acceptors (Lipinski definition) is 5. The highest BCUT2D eigenvalue weighted by Gasteiger charge is 2.04. The molecule has 0 spiro atoms. The Bertz CT molecular complexity index is 734. The summed E-state index contributed by atoms with van der Waals surface area (Å²) in [6, 6.07) is 11.7. The Kier molecular flexibility index (Phi) is 5.52. The standard InChI is InChI=1S/C18H16O5/c1-21-16-8-6-13(11-17(16)22-2)7-9-18(20)23-15-5-3-4-14(10-15)12-19/h3-12H,1-2H3/b9-7+. The molecular formula is C18H16O5. The highest BCUT2D eigenvalue weighted by Crippen LogP contribution is 2.28. The van der Waals surface area contributed by atoms with Gasteiger partial charge in [0.25, 0.3) is 0 Å². The number of esters is 1. The number of carbonyl (C=O) groups is 2. The van der Waals surface area contributed by atoms with Crippen LogP contribution in [0.2, 0.25) is 0 Å². The molecule has 23 heavy (non-hydrogen) atoms. The van der Waals surface area contributed by atoms with Crippen molar-refractivity contribution in [3.63, 3.8) is 0 Å². The maximum Gasteiger partial charge on any atom is 0.336 e. The Hall–Kier alpha value is -3.08. The van der Waals surface area contributed by atoms with Crippen molar-refractivity contribution >= 4 is 18.3 Å². The van der Waals surface area contributed by atoms with Crippen LogP contribution in [0, 0.1) is 0 Å². The van der Waals surface area contributed by atoms with Crippen LogP contribution in [0.4, 0.5) is 0 Å². The van der Waals surface area contributed by atoms with Gasteiger partial charge in [0.05, 0.1) is 14.2 Å². The fourth-order valence-electron chi connectivity index (χ4n) is 1.92. The molecule has 0 aliphatic heterocycles. The molecule has 2 rings (SSSR count). The summed E-state index contributed by atoms with van der Waals surface area (Å²) in [5.41, 5.74) is 1.21. The molecule has 2 aromatic rings. The third-order valence-corrected chi connectivity index (χ3v) is 3.03. The third-order valence-electron chi connectivity index (χ3n) is 3.03. The van der Waals surface area contributed by atoms with Gasteiger partial charge in [0, 0.05) is 11.6 Å². The van der Waals surface area contributed by atoms with Crippen LogP contribution >= 0.6 is 0 Å². The van der Waals surface area contributed by atoms with E-state index in [1.807, 2.05) is 0 Å². The predicted molar refractivity (Wildman–Crippen MR) is 86.0 cm³/mol. The first-order valence-corrected chi connectivity index (χ1v) is 6.83. The number of benzene rings is 2. The lowest BCUT2D eigenvalue weighted by Gasteiger charge is -2.07. The zero-order chi connectivity index (χ0) is 16.7. The van der Waals surface area contributed by atoms with Crippen molar-refractivity contribution in [2.24, 2.45) is 0 Å². The quantitative estimate of drug-likeness (QED) is 0.355. The van der Waals surface area contributed by atoms with Crippen molar-refractivity contribution in [2.75, 3.05) is 14.2 Å². The molecule has 5 heteroatoms. The minimum absolute atomic E-state index is 0.316. The van der Waals surface area contributed by atoms with Gasteiger partial charge in [-0.25, -0.2) is 4.79 Å². The van der Waals surface area contributed by atoms with Crippen LogP contribution in [-0.4, -0.2) is 26.5 Å². The van der Waals surface area contributed by atoms with E-state index < -0.39 is 5.97 Å². The summed E-state index contributed by atoms with van der Waals surface area (Å²) < 4.78 is 15.5. The Labute approximate surface area is 134 Å². The molecule has 0 aromatic heterocycles. The van der Waals surface area contributed by atoms with Crippen LogP contribution in [-0.2, 0) is 4.79 Å². The number of aldehydes is 1. The molecule has 0 aliphatic rings. The molecule has 0 aliphatic carbocycles. The van der Waals surface area contributed by atoms with Crippen LogP contribution in [0.3, 0.4) is 0 Å². The minimum atomic E-state index is -0.539. The van der Waals surface area contributed by atoms with E-state index in [-0.39, 0.29) is 0 Å². The second-order valence-electron chi connectivity index (χ2n) is 4.56. The lowest BCUT2D eigenvalue weighted by Crippen LogP contribution is -2.03. The summed E-state index contributed by atoms with van der Waals surface area (Å²) >= 11 is 0. The summed E-state index contributed by atoms with van der Waals surface area (Å²) in [7, 11) is 3.10. The number of carbonyl (C=O) groups excluding carboxylic acids is 2. The molecule has 0 atom stereocenters. The number of methoxy groups -OCH3 is 2. The molecule has 0 N–H and O–H groups in total. The van der Waals surface area contributed by atoms with E-state index in [4.69, 9.17) is 14.2 Å². The maximum atomic E-state index is 11.8. The largest absolute Gasteiger partial charge is 0.493 e. The minimum Gasteiger partial charge on any atom is -0.493 e. The van der Waals surface area contributed by atoms with Gasteiger partial charge in [0.2, 0.25) is 0 Å². The molecule has 0 amide bonds. The number of hydrogen-bond donors (Lipinski definition) is 0. The van der Waals surface area contributed by atoms with Crippen LogP contribution < -0.4 is 14.2 Å². The maximum absolute atomic E-state index is 11.8. The second kappa shape index (κ2) is 7.79. The molecule has 0 saturated heterocycles. The van der Waals surface area contributed by atoms with Gasteiger partial charge in [-0.15, -0.1) is 0 Å². The topological polar surface area (TPSA) is 61.8 Å². The van der Waals surface area contributed by atoms with E-state index in [0.29, 0.717) is 29.1 Å². The van der Waals surface area contributed by atoms with Gasteiger partial charge in [0.15, 0.2) is 11.5 Å². The molecule has 0 heterocycles. The third kappa shape index (κ3) is 4.44. The first-order valence-electron chi connectivity index (χ1n) is 6.83. The highest BCUT2D eigenvalue weighted by atomic mass is 16.5. The lowest BCUT2D eigenvalue weighted by atomic mass is 10.2. The molecule has 0 bridgehead atoms. The number of ether oxygens (including phenoxy) is 3. The summed E-state index contributed by atoms with van der Waals surface area (Å²) in [5.74, 6) is 0.957. The molecule has 118 valence electrons. The first-order chi connectivity index (χ1) is 11.2. The molecular weight excluding hydrogens is 296 g/mol. The predicted octanol–water partition coefficient (Wildman–Crippen LogP) is 3.14. The van der Waals surface area contributed by atoms with E-state index >= 15 is 0 Å².